The average molecular weight is 322 g/mol. The topological polar surface area (TPSA) is 48.3 Å². The first-order valence-electron chi connectivity index (χ1n) is 5.63. The number of carbonyl (C=O) groups is 1. The number of aromatic nitrogens is 1. The van der Waals surface area contributed by atoms with Gasteiger partial charge >= 0.3 is 0 Å². The van der Waals surface area contributed by atoms with Crippen LogP contribution in [-0.2, 0) is 6.54 Å². The van der Waals surface area contributed by atoms with Crippen LogP contribution in [0, 0.1) is 0 Å². The smallest absolute Gasteiger partial charge is 0.251 e. The Morgan fingerprint density at radius 3 is 2.53 bits per heavy atom. The highest BCUT2D eigenvalue weighted by Gasteiger charge is 2.08. The molecule has 0 unspecified atom stereocenters. The van der Waals surface area contributed by atoms with E-state index in [4.69, 9.17) is 4.74 Å². The number of ether oxygens (including phenoxy) is 1. The highest BCUT2D eigenvalue weighted by Crippen LogP contribution is 2.12. The summed E-state index contributed by atoms with van der Waals surface area (Å²) < 4.78 is 7.16. The molecule has 4 nitrogen and oxygen atoms in total. The molecule has 0 aliphatic carbocycles. The number of hydrogen-bond acceptors (Lipinski definition) is 3. The zero-order valence-electron chi connectivity index (χ0n) is 10.3. The van der Waals surface area contributed by atoms with Gasteiger partial charge in [0.25, 0.3) is 5.56 Å². The minimum atomic E-state index is -0.204. The van der Waals surface area contributed by atoms with Crippen LogP contribution in [0.4, 0.5) is 0 Å². The maximum Gasteiger partial charge on any atom is 0.251 e. The highest BCUT2D eigenvalue weighted by atomic mass is 79.9. The molecule has 1 aromatic carbocycles. The molecule has 0 N–H and O–H groups in total. The van der Waals surface area contributed by atoms with Gasteiger partial charge in [-0.05, 0) is 46.3 Å². The number of rotatable bonds is 4. The predicted molar refractivity (Wildman–Crippen MR) is 75.7 cm³/mol. The summed E-state index contributed by atoms with van der Waals surface area (Å²) in [5.41, 5.74) is 0.345. The first-order chi connectivity index (χ1) is 9.10. The molecule has 0 radical (unpaired) electrons. The van der Waals surface area contributed by atoms with Gasteiger partial charge in [-0.2, -0.15) is 0 Å². The van der Waals surface area contributed by atoms with Gasteiger partial charge in [-0.1, -0.05) is 0 Å². The molecule has 1 heterocycles. The lowest BCUT2D eigenvalue weighted by molar-refractivity contribution is 0.0971. The van der Waals surface area contributed by atoms with Gasteiger partial charge in [0.05, 0.1) is 13.7 Å². The monoisotopic (exact) mass is 321 g/mol. The van der Waals surface area contributed by atoms with Crippen molar-refractivity contribution in [1.82, 2.24) is 4.57 Å². The van der Waals surface area contributed by atoms with Gasteiger partial charge in [0, 0.05) is 22.3 Å². The fraction of sp³-hybridized carbons (Fsp3) is 0.143. The number of benzene rings is 1. The van der Waals surface area contributed by atoms with E-state index in [1.165, 1.54) is 10.6 Å². The van der Waals surface area contributed by atoms with Crippen molar-refractivity contribution in [2.45, 2.75) is 6.54 Å². The number of hydrogen-bond donors (Lipinski definition) is 0. The van der Waals surface area contributed by atoms with Crippen molar-refractivity contribution in [2.24, 2.45) is 0 Å². The summed E-state index contributed by atoms with van der Waals surface area (Å²) in [5.74, 6) is 0.569. The van der Waals surface area contributed by atoms with Gasteiger partial charge in [-0.15, -0.1) is 0 Å². The SMILES string of the molecule is COc1ccc(C(=O)Cn2cc(Br)ccc2=O)cc1. The maximum atomic E-state index is 12.1. The Morgan fingerprint density at radius 1 is 1.21 bits per heavy atom. The number of ketones is 1. The van der Waals surface area contributed by atoms with Crippen LogP contribution in [0.1, 0.15) is 10.4 Å². The Morgan fingerprint density at radius 2 is 1.89 bits per heavy atom. The van der Waals surface area contributed by atoms with Crippen molar-refractivity contribution in [3.8, 4) is 5.75 Å². The molecule has 0 spiro atoms. The van der Waals surface area contributed by atoms with E-state index < -0.39 is 0 Å². The van der Waals surface area contributed by atoms with E-state index in [0.717, 1.165) is 4.47 Å². The van der Waals surface area contributed by atoms with E-state index in [2.05, 4.69) is 15.9 Å². The molecule has 0 bridgehead atoms. The molecule has 5 heteroatoms. The van der Waals surface area contributed by atoms with Gasteiger partial charge < -0.3 is 9.30 Å². The van der Waals surface area contributed by atoms with Crippen LogP contribution in [0.5, 0.6) is 5.75 Å². The van der Waals surface area contributed by atoms with Gasteiger partial charge in [-0.3, -0.25) is 9.59 Å². The molecule has 1 aromatic heterocycles. The molecular weight excluding hydrogens is 310 g/mol. The molecule has 19 heavy (non-hydrogen) atoms. The van der Waals surface area contributed by atoms with Crippen molar-refractivity contribution in [3.63, 3.8) is 0 Å². The number of pyridine rings is 1. The molecule has 0 fully saturated rings. The second kappa shape index (κ2) is 5.84. The molecule has 98 valence electrons. The lowest BCUT2D eigenvalue weighted by Gasteiger charge is -2.06. The third kappa shape index (κ3) is 3.32. The first-order valence-corrected chi connectivity index (χ1v) is 6.42. The summed E-state index contributed by atoms with van der Waals surface area (Å²) in [5, 5.41) is 0. The van der Waals surface area contributed by atoms with Crippen molar-refractivity contribution >= 4 is 21.7 Å². The average Bonchev–Trinajstić information content (AvgIpc) is 2.43. The van der Waals surface area contributed by atoms with Gasteiger partial charge in [0.1, 0.15) is 5.75 Å². The summed E-state index contributed by atoms with van der Waals surface area (Å²) in [7, 11) is 1.57. The van der Waals surface area contributed by atoms with Gasteiger partial charge in [-0.25, -0.2) is 0 Å². The predicted octanol–water partition coefficient (Wildman–Crippen LogP) is 2.50. The van der Waals surface area contributed by atoms with Crippen LogP contribution in [0.25, 0.3) is 0 Å². The van der Waals surface area contributed by atoms with E-state index in [1.807, 2.05) is 0 Å². The highest BCUT2D eigenvalue weighted by molar-refractivity contribution is 9.10. The van der Waals surface area contributed by atoms with E-state index in [1.54, 1.807) is 43.6 Å². The van der Waals surface area contributed by atoms with Crippen molar-refractivity contribution in [2.75, 3.05) is 7.11 Å². The second-order valence-corrected chi connectivity index (χ2v) is 4.88. The second-order valence-electron chi connectivity index (χ2n) is 3.97. The van der Waals surface area contributed by atoms with Gasteiger partial charge in [0.15, 0.2) is 5.78 Å². The van der Waals surface area contributed by atoms with Crippen LogP contribution < -0.4 is 10.3 Å². The first kappa shape index (κ1) is 13.5. The summed E-state index contributed by atoms with van der Waals surface area (Å²) in [6.07, 6.45) is 1.60. The van der Waals surface area contributed by atoms with Crippen LogP contribution >= 0.6 is 15.9 Å². The Labute approximate surface area is 118 Å². The quantitative estimate of drug-likeness (QED) is 0.813. The van der Waals surface area contributed by atoms with Crippen molar-refractivity contribution in [1.29, 1.82) is 0 Å². The lowest BCUT2D eigenvalue weighted by Crippen LogP contribution is -2.22. The maximum absolute atomic E-state index is 12.1. The summed E-state index contributed by atoms with van der Waals surface area (Å²) in [4.78, 5) is 23.7. The van der Waals surface area contributed by atoms with E-state index in [0.29, 0.717) is 11.3 Å². The summed E-state index contributed by atoms with van der Waals surface area (Å²) in [6.45, 7) is 0.0185. The van der Waals surface area contributed by atoms with Crippen LogP contribution in [0.2, 0.25) is 0 Å². The number of halogens is 1. The van der Waals surface area contributed by atoms with Crippen molar-refractivity contribution in [3.05, 3.63) is 63.0 Å². The molecule has 0 saturated heterocycles. The third-order valence-electron chi connectivity index (χ3n) is 2.67. The molecule has 2 rings (SSSR count). The number of nitrogens with zero attached hydrogens (tertiary/aromatic N) is 1. The normalized spacial score (nSPS) is 10.2. The molecule has 0 saturated carbocycles. The summed E-state index contributed by atoms with van der Waals surface area (Å²) in [6, 6.07) is 9.88. The Hall–Kier alpha value is -1.88. The van der Waals surface area contributed by atoms with Gasteiger partial charge in [0.2, 0.25) is 0 Å². The van der Waals surface area contributed by atoms with Crippen LogP contribution in [0.15, 0.2) is 51.9 Å². The zero-order chi connectivity index (χ0) is 13.8. The number of Topliss-reactive ketones (excluding diaryl/α,β-unsaturated/α-hetero) is 1. The Balaban J connectivity index is 2.20. The standard InChI is InChI=1S/C14H12BrNO3/c1-19-12-5-2-10(3-6-12)13(17)9-16-8-11(15)4-7-14(16)18/h2-8H,9H2,1H3. The molecule has 2 aromatic rings. The van der Waals surface area contributed by atoms with Crippen molar-refractivity contribution < 1.29 is 9.53 Å². The molecular formula is C14H12BrNO3. The Bertz CT molecular complexity index is 646. The zero-order valence-corrected chi connectivity index (χ0v) is 11.9. The third-order valence-corrected chi connectivity index (χ3v) is 3.14. The lowest BCUT2D eigenvalue weighted by atomic mass is 10.1. The largest absolute Gasteiger partial charge is 0.497 e. The Kier molecular flexibility index (Phi) is 4.16. The minimum Gasteiger partial charge on any atom is -0.497 e. The van der Waals surface area contributed by atoms with E-state index in [9.17, 15) is 9.59 Å². The molecule has 0 amide bonds. The molecule has 0 atom stereocenters. The van der Waals surface area contributed by atoms with E-state index >= 15 is 0 Å². The van der Waals surface area contributed by atoms with Crippen LogP contribution in [-0.4, -0.2) is 17.5 Å². The minimum absolute atomic E-state index is 0.0185. The number of methoxy groups -OCH3 is 1. The molecule has 0 aliphatic heterocycles. The fourth-order valence-electron chi connectivity index (χ4n) is 1.65. The van der Waals surface area contributed by atoms with Crippen LogP contribution in [0.3, 0.4) is 0 Å². The van der Waals surface area contributed by atoms with E-state index in [-0.39, 0.29) is 17.9 Å². The summed E-state index contributed by atoms with van der Waals surface area (Å²) >= 11 is 3.27. The number of carbonyl (C=O) groups excluding carboxylic acids is 1. The fourth-order valence-corrected chi connectivity index (χ4v) is 2.03. The molecule has 0 aliphatic rings.